The van der Waals surface area contributed by atoms with Crippen molar-refractivity contribution in [3.63, 3.8) is 0 Å². The number of nitrogens with zero attached hydrogens (tertiary/aromatic N) is 1. The second-order valence-corrected chi connectivity index (χ2v) is 2.71. The lowest BCUT2D eigenvalue weighted by Crippen LogP contribution is -2.03. The van der Waals surface area contributed by atoms with E-state index in [2.05, 4.69) is 38.8 Å². The van der Waals surface area contributed by atoms with E-state index in [0.29, 0.717) is 5.92 Å². The molecule has 0 N–H and O–H groups in total. The molecule has 58 valence electrons. The third kappa shape index (κ3) is 2.34. The minimum absolute atomic E-state index is 0.591. The molecule has 0 bridgehead atoms. The average Bonchev–Trinajstić information content (AvgIpc) is 1.88. The van der Waals surface area contributed by atoms with Crippen molar-refractivity contribution in [2.45, 2.75) is 27.7 Å². The van der Waals surface area contributed by atoms with Crippen molar-refractivity contribution in [3.05, 3.63) is 11.6 Å². The summed E-state index contributed by atoms with van der Waals surface area (Å²) in [5, 5.41) is 0. The maximum Gasteiger partial charge on any atom is 0.0345 e. The van der Waals surface area contributed by atoms with Gasteiger partial charge in [-0.25, -0.2) is 0 Å². The van der Waals surface area contributed by atoms with E-state index in [1.54, 1.807) is 0 Å². The quantitative estimate of drug-likeness (QED) is 0.521. The van der Waals surface area contributed by atoms with E-state index in [4.69, 9.17) is 0 Å². The Labute approximate surface area is 63.9 Å². The number of aliphatic imine (C=N–C) groups is 1. The number of rotatable bonds is 2. The van der Waals surface area contributed by atoms with Crippen LogP contribution in [0.5, 0.6) is 0 Å². The van der Waals surface area contributed by atoms with Crippen LogP contribution in [0.3, 0.4) is 0 Å². The maximum atomic E-state index is 4.13. The van der Waals surface area contributed by atoms with Crippen LogP contribution in [0.1, 0.15) is 27.7 Å². The molecule has 0 amide bonds. The van der Waals surface area contributed by atoms with Crippen LogP contribution in [0.4, 0.5) is 0 Å². The number of hydrogen-bond acceptors (Lipinski definition) is 1. The molecule has 0 radical (unpaired) electrons. The van der Waals surface area contributed by atoms with Crippen molar-refractivity contribution in [2.24, 2.45) is 10.9 Å². The van der Waals surface area contributed by atoms with Gasteiger partial charge in [0.25, 0.3) is 0 Å². The highest BCUT2D eigenvalue weighted by Crippen LogP contribution is 2.10. The van der Waals surface area contributed by atoms with Gasteiger partial charge in [-0.3, -0.25) is 4.99 Å². The molecule has 1 heteroatoms. The zero-order valence-corrected chi connectivity index (χ0v) is 7.60. The van der Waals surface area contributed by atoms with Crippen LogP contribution in [0.2, 0.25) is 0 Å². The summed E-state index contributed by atoms with van der Waals surface area (Å²) in [6.07, 6.45) is 2.13. The molecule has 0 atom stereocenters. The van der Waals surface area contributed by atoms with Crippen molar-refractivity contribution in [1.29, 1.82) is 0 Å². The van der Waals surface area contributed by atoms with Gasteiger partial charge < -0.3 is 0 Å². The summed E-state index contributed by atoms with van der Waals surface area (Å²) in [6.45, 7) is 8.48. The van der Waals surface area contributed by atoms with Gasteiger partial charge >= 0.3 is 0 Å². The first kappa shape index (κ1) is 9.41. The first-order chi connectivity index (χ1) is 4.63. The largest absolute Gasteiger partial charge is 0.293 e. The third-order valence-corrected chi connectivity index (χ3v) is 1.69. The summed E-state index contributed by atoms with van der Waals surface area (Å²) >= 11 is 0. The van der Waals surface area contributed by atoms with Gasteiger partial charge in [0, 0.05) is 12.8 Å². The van der Waals surface area contributed by atoms with Crippen LogP contribution < -0.4 is 0 Å². The van der Waals surface area contributed by atoms with E-state index in [1.807, 2.05) is 7.05 Å². The summed E-state index contributed by atoms with van der Waals surface area (Å²) in [6, 6.07) is 0. The van der Waals surface area contributed by atoms with Crippen molar-refractivity contribution < 1.29 is 0 Å². The Morgan fingerprint density at radius 2 is 1.90 bits per heavy atom. The summed E-state index contributed by atoms with van der Waals surface area (Å²) in [5.74, 6) is 0.591. The highest BCUT2D eigenvalue weighted by atomic mass is 14.7. The summed E-state index contributed by atoms with van der Waals surface area (Å²) < 4.78 is 0. The highest BCUT2D eigenvalue weighted by molar-refractivity contribution is 5.98. The standard InChI is InChI=1S/C9H17N/c1-6-9(7(2)3)8(4)10-5/h6-7H,1-5H3/b9-6-,10-8?. The lowest BCUT2D eigenvalue weighted by Gasteiger charge is -2.08. The van der Waals surface area contributed by atoms with Crippen LogP contribution in [-0.2, 0) is 0 Å². The molecule has 0 saturated carbocycles. The molecule has 0 heterocycles. The molecule has 0 unspecified atom stereocenters. The van der Waals surface area contributed by atoms with E-state index in [-0.39, 0.29) is 0 Å². The Morgan fingerprint density at radius 1 is 1.40 bits per heavy atom. The molecule has 1 nitrogen and oxygen atoms in total. The fraction of sp³-hybridized carbons (Fsp3) is 0.667. The lowest BCUT2D eigenvalue weighted by molar-refractivity contribution is 0.799. The normalized spacial score (nSPS) is 14.6. The molecule has 0 saturated heterocycles. The topological polar surface area (TPSA) is 12.4 Å². The molecular weight excluding hydrogens is 122 g/mol. The Hall–Kier alpha value is -0.590. The van der Waals surface area contributed by atoms with Gasteiger partial charge in [0.15, 0.2) is 0 Å². The Balaban J connectivity index is 4.39. The van der Waals surface area contributed by atoms with Crippen molar-refractivity contribution in [1.82, 2.24) is 0 Å². The van der Waals surface area contributed by atoms with Gasteiger partial charge in [-0.15, -0.1) is 0 Å². The smallest absolute Gasteiger partial charge is 0.0345 e. The van der Waals surface area contributed by atoms with Crippen LogP contribution >= 0.6 is 0 Å². The fourth-order valence-electron chi connectivity index (χ4n) is 1.09. The van der Waals surface area contributed by atoms with Gasteiger partial charge in [-0.05, 0) is 25.3 Å². The molecular formula is C9H17N. The highest BCUT2D eigenvalue weighted by Gasteiger charge is 2.03. The van der Waals surface area contributed by atoms with Gasteiger partial charge in [-0.2, -0.15) is 0 Å². The van der Waals surface area contributed by atoms with E-state index in [1.165, 1.54) is 5.57 Å². The van der Waals surface area contributed by atoms with Crippen LogP contribution in [-0.4, -0.2) is 12.8 Å². The molecule has 0 aromatic heterocycles. The second-order valence-electron chi connectivity index (χ2n) is 2.71. The SMILES string of the molecule is C/C=C(\C(C)=NC)C(C)C. The van der Waals surface area contributed by atoms with Gasteiger partial charge in [0.1, 0.15) is 0 Å². The van der Waals surface area contributed by atoms with Gasteiger partial charge in [0.2, 0.25) is 0 Å². The molecule has 0 aromatic rings. The molecule has 10 heavy (non-hydrogen) atoms. The molecule has 0 spiro atoms. The maximum absolute atomic E-state index is 4.13. The van der Waals surface area contributed by atoms with Crippen LogP contribution in [0, 0.1) is 5.92 Å². The van der Waals surface area contributed by atoms with Crippen molar-refractivity contribution >= 4 is 5.71 Å². The second kappa shape index (κ2) is 4.26. The Morgan fingerprint density at radius 3 is 2.00 bits per heavy atom. The van der Waals surface area contributed by atoms with E-state index >= 15 is 0 Å². The monoisotopic (exact) mass is 139 g/mol. The zero-order chi connectivity index (χ0) is 8.15. The molecule has 0 aliphatic rings. The average molecular weight is 139 g/mol. The van der Waals surface area contributed by atoms with Crippen molar-refractivity contribution in [2.75, 3.05) is 7.05 Å². The minimum atomic E-state index is 0.591. The fourth-order valence-corrected chi connectivity index (χ4v) is 1.09. The number of hydrogen-bond donors (Lipinski definition) is 0. The van der Waals surface area contributed by atoms with Gasteiger partial charge in [0.05, 0.1) is 0 Å². The molecule has 0 aromatic carbocycles. The molecule has 0 aliphatic carbocycles. The Kier molecular flexibility index (Phi) is 4.01. The first-order valence-electron chi connectivity index (χ1n) is 3.73. The molecule has 0 fully saturated rings. The van der Waals surface area contributed by atoms with Gasteiger partial charge in [-0.1, -0.05) is 19.9 Å². The minimum Gasteiger partial charge on any atom is -0.293 e. The van der Waals surface area contributed by atoms with Crippen LogP contribution in [0.15, 0.2) is 16.6 Å². The Bertz CT molecular complexity index is 152. The zero-order valence-electron chi connectivity index (χ0n) is 7.60. The van der Waals surface area contributed by atoms with Crippen molar-refractivity contribution in [3.8, 4) is 0 Å². The summed E-state index contributed by atoms with van der Waals surface area (Å²) in [5.41, 5.74) is 2.50. The lowest BCUT2D eigenvalue weighted by atomic mass is 9.99. The predicted octanol–water partition coefficient (Wildman–Crippen LogP) is 2.68. The first-order valence-corrected chi connectivity index (χ1v) is 3.73. The van der Waals surface area contributed by atoms with E-state index in [0.717, 1.165) is 5.71 Å². The third-order valence-electron chi connectivity index (χ3n) is 1.69. The molecule has 0 aliphatic heterocycles. The van der Waals surface area contributed by atoms with E-state index < -0.39 is 0 Å². The predicted molar refractivity (Wildman–Crippen MR) is 47.6 cm³/mol. The summed E-state index contributed by atoms with van der Waals surface area (Å²) in [7, 11) is 1.83. The number of allylic oxidation sites excluding steroid dienone is 2. The van der Waals surface area contributed by atoms with Crippen LogP contribution in [0.25, 0.3) is 0 Å². The molecule has 0 rings (SSSR count). The summed E-state index contributed by atoms with van der Waals surface area (Å²) in [4.78, 5) is 4.13. The van der Waals surface area contributed by atoms with E-state index in [9.17, 15) is 0 Å².